The van der Waals surface area contributed by atoms with E-state index in [9.17, 15) is 53.1 Å². The fraction of sp³-hybridized carbons (Fsp3) is 0.550. The van der Waals surface area contributed by atoms with Gasteiger partial charge in [0, 0.05) is 35.1 Å². The first-order valence-corrected chi connectivity index (χ1v) is 21.3. The van der Waals surface area contributed by atoms with E-state index >= 15 is 0 Å². The molecule has 3 amide bonds. The van der Waals surface area contributed by atoms with Crippen LogP contribution >= 0.6 is 11.8 Å². The minimum atomic E-state index is -4.81. The first-order valence-electron chi connectivity index (χ1n) is 20.3. The molecule has 25 heteroatoms. The summed E-state index contributed by atoms with van der Waals surface area (Å²) in [5.74, 6) is -1.84. The van der Waals surface area contributed by atoms with Gasteiger partial charge in [0.2, 0.25) is 18.0 Å². The third-order valence-corrected chi connectivity index (χ3v) is 11.9. The van der Waals surface area contributed by atoms with Gasteiger partial charge in [0.25, 0.3) is 0 Å². The number of carboxylic acids is 1. The van der Waals surface area contributed by atoms with Gasteiger partial charge in [-0.05, 0) is 30.5 Å². The third-order valence-electron chi connectivity index (χ3n) is 10.4. The molecule has 0 bridgehead atoms. The van der Waals surface area contributed by atoms with Crippen molar-refractivity contribution < 1.29 is 133 Å². The molecule has 4 aliphatic rings. The molecule has 0 aliphatic carbocycles. The van der Waals surface area contributed by atoms with E-state index < -0.39 is 54.3 Å². The zero-order valence-corrected chi connectivity index (χ0v) is 39.0. The predicted octanol–water partition coefficient (Wildman–Crippen LogP) is -1.35. The molecule has 350 valence electrons. The maximum Gasteiger partial charge on any atom is 1.00 e. The largest absolute Gasteiger partial charge is 1.00 e. The number of amides is 3. The number of halogens is 3. The summed E-state index contributed by atoms with van der Waals surface area (Å²) in [4.78, 5) is 40.9. The number of carbonyl (C=O) groups is 3. The van der Waals surface area contributed by atoms with Crippen LogP contribution in [0.1, 0.15) is 42.4 Å². The number of aliphatic carboxylic acids is 1. The van der Waals surface area contributed by atoms with Gasteiger partial charge in [0.15, 0.2) is 0 Å². The number of benzene rings is 2. The fourth-order valence-electron chi connectivity index (χ4n) is 6.92. The molecule has 20 nitrogen and oxygen atoms in total. The van der Waals surface area contributed by atoms with Crippen molar-refractivity contribution in [2.45, 2.75) is 92.2 Å². The van der Waals surface area contributed by atoms with E-state index in [-0.39, 0.29) is 143 Å². The first kappa shape index (κ1) is 52.4. The van der Waals surface area contributed by atoms with Crippen molar-refractivity contribution >= 4 is 42.0 Å². The number of carbonyl (C=O) groups excluding carboxylic acids is 2. The van der Waals surface area contributed by atoms with E-state index in [4.69, 9.17) is 28.5 Å². The molecular formula is C40H48F3KN6O14S. The van der Waals surface area contributed by atoms with E-state index in [1.807, 2.05) is 11.8 Å². The fourth-order valence-corrected chi connectivity index (χ4v) is 8.46. The van der Waals surface area contributed by atoms with Crippen LogP contribution in [0.5, 0.6) is 11.5 Å². The molecule has 0 unspecified atom stereocenters. The number of aliphatic hydroxyl groups is 3. The maximum absolute atomic E-state index is 13.8. The number of alkyl halides is 3. The molecular weight excluding hydrogens is 917 g/mol. The Morgan fingerprint density at radius 3 is 2.43 bits per heavy atom. The second kappa shape index (κ2) is 24.4. The van der Waals surface area contributed by atoms with Gasteiger partial charge in [-0.1, -0.05) is 48.0 Å². The molecule has 0 saturated carbocycles. The molecule has 8 atom stereocenters. The Kier molecular flexibility index (Phi) is 19.7. The summed E-state index contributed by atoms with van der Waals surface area (Å²) in [7, 11) is 0. The molecule has 4 heterocycles. The minimum Gasteiger partial charge on any atom is -0.872 e. The van der Waals surface area contributed by atoms with Crippen LogP contribution in [0.15, 0.2) is 63.6 Å². The van der Waals surface area contributed by atoms with E-state index in [0.29, 0.717) is 18.2 Å². The van der Waals surface area contributed by atoms with Gasteiger partial charge in [-0.15, -0.1) is 16.0 Å². The number of unbranched alkanes of at least 4 members (excludes halogenated alkanes) is 1. The van der Waals surface area contributed by atoms with Gasteiger partial charge in [-0.2, -0.15) is 24.9 Å². The van der Waals surface area contributed by atoms with Crippen LogP contribution < -0.4 is 77.2 Å². The summed E-state index contributed by atoms with van der Waals surface area (Å²) >= 11 is 1.84. The van der Waals surface area contributed by atoms with E-state index in [1.54, 1.807) is 0 Å². The topological polar surface area (TPSA) is 284 Å². The maximum atomic E-state index is 13.8. The number of aliphatic hydroxyl groups excluding tert-OH is 3. The average molecular weight is 965 g/mol. The number of hydrogen-bond acceptors (Lipinski definition) is 17. The Hall–Kier alpha value is -3.60. The third kappa shape index (κ3) is 14.4. The normalized spacial score (nSPS) is 25.6. The molecule has 6 rings (SSSR count). The summed E-state index contributed by atoms with van der Waals surface area (Å²) in [5.41, 5.74) is -2.55. The molecule has 0 spiro atoms. The van der Waals surface area contributed by atoms with Crippen LogP contribution in [0.3, 0.4) is 0 Å². The molecule has 3 fully saturated rings. The molecule has 4 aliphatic heterocycles. The quantitative estimate of drug-likeness (QED) is 0.0122. The van der Waals surface area contributed by atoms with Crippen molar-refractivity contribution in [3.63, 3.8) is 0 Å². The summed E-state index contributed by atoms with van der Waals surface area (Å²) in [5, 5.41) is 71.7. The number of ether oxygens (including phenoxy) is 5. The number of nitrogens with zero attached hydrogens (tertiary/aromatic N) is 3. The van der Waals surface area contributed by atoms with Crippen LogP contribution in [-0.4, -0.2) is 144 Å². The number of nitrogens with one attached hydrogen (secondary N) is 3. The number of rotatable bonds is 24. The van der Waals surface area contributed by atoms with Crippen LogP contribution in [0, 0.1) is 0 Å². The number of thioether (sulfide) groups is 1. The van der Waals surface area contributed by atoms with E-state index in [2.05, 4.69) is 31.3 Å². The van der Waals surface area contributed by atoms with Gasteiger partial charge in [-0.3, -0.25) is 4.79 Å². The summed E-state index contributed by atoms with van der Waals surface area (Å²) in [6.45, 7) is 0.454. The van der Waals surface area contributed by atoms with E-state index in [0.717, 1.165) is 49.4 Å². The number of urea groups is 1. The number of oxime groups is 1. The zero-order chi connectivity index (χ0) is 45.9. The van der Waals surface area contributed by atoms with Crippen LogP contribution in [-0.2, 0) is 45.6 Å². The van der Waals surface area contributed by atoms with Crippen molar-refractivity contribution in [1.82, 2.24) is 16.0 Å². The predicted molar refractivity (Wildman–Crippen MR) is 216 cm³/mol. The summed E-state index contributed by atoms with van der Waals surface area (Å²) in [6, 6.07) is 8.80. The Morgan fingerprint density at radius 2 is 1.72 bits per heavy atom. The Morgan fingerprint density at radius 1 is 1.00 bits per heavy atom. The van der Waals surface area contributed by atoms with Crippen molar-refractivity contribution in [2.75, 3.05) is 45.3 Å². The number of hydrogen-bond donors (Lipinski definition) is 7. The molecule has 2 aromatic rings. The van der Waals surface area contributed by atoms with E-state index in [1.165, 1.54) is 30.3 Å². The molecule has 0 aromatic heterocycles. The van der Waals surface area contributed by atoms with Crippen molar-refractivity contribution in [2.24, 2.45) is 15.4 Å². The average Bonchev–Trinajstić information content (AvgIpc) is 3.90. The van der Waals surface area contributed by atoms with Gasteiger partial charge < -0.3 is 70.0 Å². The molecule has 0 radical (unpaired) electrons. The van der Waals surface area contributed by atoms with Crippen LogP contribution in [0.4, 0.5) is 18.0 Å². The second-order valence-corrected chi connectivity index (χ2v) is 16.2. The standard InChI is InChI=1S/C40H49F3N6O14S.K/c41-40(42,43)39(48-49-39)24-8-7-23(20-61-45-19-29-33(52)34(53)35(54)37(63-29)62-28(36(55)56)17-22-5-9-25(50)10-6-22)27(18-24)60-16-15-59-14-13-58-12-11-44-31(51)4-2-1-3-30-32-26(21-64-30)46-38(57)47-32;/h5-10,17-19,26,29-30,32-35,37,50,52-54H,1-4,11-16,20-21H2,(H,44,51)(H,55,56)(H2,46,47,57);/q;+1/p-1/b28-17+,45-19-;/t26-,29+,30-,32-,33-,34-,35+,37+;/m0./s1. The first-order chi connectivity index (χ1) is 30.6. The Bertz CT molecular complexity index is 2020. The second-order valence-electron chi connectivity index (χ2n) is 15.0. The van der Waals surface area contributed by atoms with Gasteiger partial charge in [-0.25, -0.2) is 9.59 Å². The Labute approximate surface area is 417 Å². The van der Waals surface area contributed by atoms with Crippen LogP contribution in [0.25, 0.3) is 6.08 Å². The number of carboxylic acid groups (broad SMARTS) is 1. The molecule has 2 aromatic carbocycles. The molecule has 65 heavy (non-hydrogen) atoms. The Balaban J connectivity index is 0.00000793. The van der Waals surface area contributed by atoms with Crippen LogP contribution in [0.2, 0.25) is 0 Å². The van der Waals surface area contributed by atoms with Crippen molar-refractivity contribution in [3.05, 3.63) is 64.9 Å². The minimum absolute atomic E-state index is 0. The summed E-state index contributed by atoms with van der Waals surface area (Å²) < 4.78 is 69.0. The van der Waals surface area contributed by atoms with Gasteiger partial charge >= 0.3 is 75.2 Å². The summed E-state index contributed by atoms with van der Waals surface area (Å²) in [6.07, 6.45) is -8.85. The molecule has 3 saturated heterocycles. The van der Waals surface area contributed by atoms with Crippen molar-refractivity contribution in [1.29, 1.82) is 0 Å². The smallest absolute Gasteiger partial charge is 0.872 e. The SMILES string of the molecule is O=C(CCCC[C@@H]1SC[C@@H]2NC(=O)N[C@@H]21)NCCOCCOCCOc1cc(C2(C(F)(F)F)N=N2)ccc1CO/N=C\[C@H]1O[C@@H](O/C(=C/c2ccc([O-])cc2)C(=O)O)[C@H](O)[C@@H](O)[C@H]1O.[K+]. The zero-order valence-electron chi connectivity index (χ0n) is 35.1. The van der Waals surface area contributed by atoms with Gasteiger partial charge in [0.1, 0.15) is 43.4 Å². The monoisotopic (exact) mass is 964 g/mol. The van der Waals surface area contributed by atoms with Crippen molar-refractivity contribution in [3.8, 4) is 11.5 Å². The van der Waals surface area contributed by atoms with Gasteiger partial charge in [0.05, 0.1) is 44.7 Å². The molecule has 7 N–H and O–H groups in total. The number of fused-ring (bicyclic) bond motifs is 1.